The third-order valence-electron chi connectivity index (χ3n) is 3.64. The zero-order valence-corrected chi connectivity index (χ0v) is 13.1. The molecule has 1 atom stereocenters. The lowest BCUT2D eigenvalue weighted by molar-refractivity contribution is -0.151. The molecule has 2 rings (SSSR count). The summed E-state index contributed by atoms with van der Waals surface area (Å²) < 4.78 is 1.08. The monoisotopic (exact) mass is 331 g/mol. The third-order valence-corrected chi connectivity index (χ3v) is 5.55. The molecule has 1 fully saturated rings. The molecule has 1 aromatic heterocycles. The van der Waals surface area contributed by atoms with E-state index in [1.165, 1.54) is 4.88 Å². The van der Waals surface area contributed by atoms with E-state index >= 15 is 0 Å². The maximum atomic E-state index is 11.5. The van der Waals surface area contributed by atoms with Crippen molar-refractivity contribution in [2.45, 2.75) is 39.3 Å². The normalized spacial score (nSPS) is 24.1. The predicted octanol–water partition coefficient (Wildman–Crippen LogP) is 3.59. The molecule has 1 N–H and O–H groups in total. The second-order valence-corrected chi connectivity index (χ2v) is 7.35. The van der Waals surface area contributed by atoms with Gasteiger partial charge in [-0.2, -0.15) is 0 Å². The molecule has 18 heavy (non-hydrogen) atoms. The Balaban J connectivity index is 2.20. The van der Waals surface area contributed by atoms with Gasteiger partial charge in [-0.1, -0.05) is 13.8 Å². The van der Waals surface area contributed by atoms with Crippen molar-refractivity contribution in [1.82, 2.24) is 4.90 Å². The fourth-order valence-electron chi connectivity index (χ4n) is 2.78. The average Bonchev–Trinajstić information content (AvgIpc) is 2.62. The zero-order valence-electron chi connectivity index (χ0n) is 10.6. The first kappa shape index (κ1) is 14.0. The standard InChI is InChI=1S/C13H18BrNO2S/c1-13(2)5-3-6-15(11(13)12(16)17)8-10-9(14)4-7-18-10/h4,7,11H,3,5-6,8H2,1-2H3,(H,16,17). The van der Waals surface area contributed by atoms with Gasteiger partial charge in [0.1, 0.15) is 6.04 Å². The molecule has 0 saturated carbocycles. The number of halogens is 1. The lowest BCUT2D eigenvalue weighted by atomic mass is 9.76. The number of likely N-dealkylation sites (tertiary alicyclic amines) is 1. The number of carboxylic acid groups (broad SMARTS) is 1. The van der Waals surface area contributed by atoms with Crippen LogP contribution in [-0.2, 0) is 11.3 Å². The minimum Gasteiger partial charge on any atom is -0.480 e. The zero-order chi connectivity index (χ0) is 13.3. The molecule has 0 spiro atoms. The number of nitrogens with zero attached hydrogens (tertiary/aromatic N) is 1. The first-order valence-electron chi connectivity index (χ1n) is 6.10. The van der Waals surface area contributed by atoms with Crippen molar-refractivity contribution in [3.8, 4) is 0 Å². The topological polar surface area (TPSA) is 40.5 Å². The Morgan fingerprint density at radius 1 is 1.67 bits per heavy atom. The second-order valence-electron chi connectivity index (χ2n) is 5.50. The van der Waals surface area contributed by atoms with Gasteiger partial charge in [0.05, 0.1) is 0 Å². The molecule has 0 aromatic carbocycles. The van der Waals surface area contributed by atoms with Gasteiger partial charge < -0.3 is 5.11 Å². The van der Waals surface area contributed by atoms with Gasteiger partial charge >= 0.3 is 5.97 Å². The Kier molecular flexibility index (Phi) is 4.14. The van der Waals surface area contributed by atoms with Crippen LogP contribution in [-0.4, -0.2) is 28.6 Å². The van der Waals surface area contributed by atoms with Crippen molar-refractivity contribution >= 4 is 33.2 Å². The van der Waals surface area contributed by atoms with E-state index in [1.54, 1.807) is 11.3 Å². The smallest absolute Gasteiger partial charge is 0.321 e. The molecule has 0 aliphatic carbocycles. The van der Waals surface area contributed by atoms with Gasteiger partial charge in [-0.25, -0.2) is 0 Å². The minimum absolute atomic E-state index is 0.159. The largest absolute Gasteiger partial charge is 0.480 e. The summed E-state index contributed by atoms with van der Waals surface area (Å²) >= 11 is 5.19. The highest BCUT2D eigenvalue weighted by Crippen LogP contribution is 2.37. The molecule has 5 heteroatoms. The van der Waals surface area contributed by atoms with Crippen LogP contribution in [0.4, 0.5) is 0 Å². The van der Waals surface area contributed by atoms with E-state index < -0.39 is 5.97 Å². The molecule has 2 heterocycles. The van der Waals surface area contributed by atoms with Crippen LogP contribution in [0.1, 0.15) is 31.6 Å². The number of carbonyl (C=O) groups is 1. The maximum Gasteiger partial charge on any atom is 0.321 e. The number of hydrogen-bond acceptors (Lipinski definition) is 3. The number of thiophene rings is 1. The van der Waals surface area contributed by atoms with Crippen LogP contribution in [0.15, 0.2) is 15.9 Å². The summed E-state index contributed by atoms with van der Waals surface area (Å²) in [5.41, 5.74) is -0.159. The van der Waals surface area contributed by atoms with Crippen molar-refractivity contribution < 1.29 is 9.90 Å². The van der Waals surface area contributed by atoms with Crippen LogP contribution in [0.2, 0.25) is 0 Å². The molecule has 1 aliphatic heterocycles. The predicted molar refractivity (Wildman–Crippen MR) is 76.9 cm³/mol. The Labute approximate surface area is 120 Å². The lowest BCUT2D eigenvalue weighted by Crippen LogP contribution is -2.53. The SMILES string of the molecule is CC1(C)CCCN(Cc2sccc2Br)C1C(=O)O. The molecule has 1 aromatic rings. The molecular weight excluding hydrogens is 314 g/mol. The first-order valence-corrected chi connectivity index (χ1v) is 7.78. The van der Waals surface area contributed by atoms with E-state index in [0.29, 0.717) is 0 Å². The van der Waals surface area contributed by atoms with Crippen LogP contribution in [0.5, 0.6) is 0 Å². The molecule has 100 valence electrons. The van der Waals surface area contributed by atoms with Gasteiger partial charge in [0.25, 0.3) is 0 Å². The highest BCUT2D eigenvalue weighted by molar-refractivity contribution is 9.10. The summed E-state index contributed by atoms with van der Waals surface area (Å²) in [6.45, 7) is 5.70. The molecule has 0 amide bonds. The summed E-state index contributed by atoms with van der Waals surface area (Å²) in [6, 6.07) is 1.63. The van der Waals surface area contributed by atoms with E-state index in [1.807, 2.05) is 11.4 Å². The Morgan fingerprint density at radius 3 is 2.94 bits per heavy atom. The molecule has 0 bridgehead atoms. The van der Waals surface area contributed by atoms with Gasteiger partial charge in [-0.05, 0) is 52.2 Å². The van der Waals surface area contributed by atoms with Crippen molar-refractivity contribution in [2.75, 3.05) is 6.54 Å². The molecule has 0 radical (unpaired) electrons. The number of carboxylic acids is 1. The van der Waals surface area contributed by atoms with E-state index in [4.69, 9.17) is 0 Å². The second kappa shape index (κ2) is 5.31. The van der Waals surface area contributed by atoms with Crippen LogP contribution in [0, 0.1) is 5.41 Å². The van der Waals surface area contributed by atoms with Gasteiger partial charge in [0.15, 0.2) is 0 Å². The van der Waals surface area contributed by atoms with Gasteiger partial charge in [0.2, 0.25) is 0 Å². The van der Waals surface area contributed by atoms with Crippen molar-refractivity contribution in [1.29, 1.82) is 0 Å². The quantitative estimate of drug-likeness (QED) is 0.920. The lowest BCUT2D eigenvalue weighted by Gasteiger charge is -2.43. The summed E-state index contributed by atoms with van der Waals surface area (Å²) in [6.07, 6.45) is 2.05. The van der Waals surface area contributed by atoms with Crippen molar-refractivity contribution in [3.63, 3.8) is 0 Å². The van der Waals surface area contributed by atoms with Gasteiger partial charge in [0, 0.05) is 15.9 Å². The van der Waals surface area contributed by atoms with E-state index in [2.05, 4.69) is 34.7 Å². The Hall–Kier alpha value is -0.390. The number of aliphatic carboxylic acids is 1. The van der Waals surface area contributed by atoms with Crippen molar-refractivity contribution in [2.24, 2.45) is 5.41 Å². The summed E-state index contributed by atoms with van der Waals surface area (Å²) in [7, 11) is 0. The molecular formula is C13H18BrNO2S. The number of hydrogen-bond donors (Lipinski definition) is 1. The fraction of sp³-hybridized carbons (Fsp3) is 0.615. The van der Waals surface area contributed by atoms with Crippen LogP contribution in [0.3, 0.4) is 0 Å². The maximum absolute atomic E-state index is 11.5. The summed E-state index contributed by atoms with van der Waals surface area (Å²) in [4.78, 5) is 14.9. The molecule has 1 saturated heterocycles. The summed E-state index contributed by atoms with van der Waals surface area (Å²) in [5.74, 6) is -0.702. The Bertz CT molecular complexity index is 444. The molecule has 3 nitrogen and oxygen atoms in total. The summed E-state index contributed by atoms with van der Waals surface area (Å²) in [5, 5.41) is 11.5. The number of rotatable bonds is 3. The van der Waals surface area contributed by atoms with Gasteiger partial charge in [-0.15, -0.1) is 11.3 Å². The van der Waals surface area contributed by atoms with Crippen molar-refractivity contribution in [3.05, 3.63) is 20.8 Å². The highest BCUT2D eigenvalue weighted by Gasteiger charge is 2.42. The van der Waals surface area contributed by atoms with Gasteiger partial charge in [-0.3, -0.25) is 9.69 Å². The van der Waals surface area contributed by atoms with Crippen LogP contribution in [0.25, 0.3) is 0 Å². The van der Waals surface area contributed by atoms with E-state index in [-0.39, 0.29) is 11.5 Å². The first-order chi connectivity index (χ1) is 8.42. The van der Waals surface area contributed by atoms with E-state index in [9.17, 15) is 9.90 Å². The highest BCUT2D eigenvalue weighted by atomic mass is 79.9. The number of piperidine rings is 1. The fourth-order valence-corrected chi connectivity index (χ4v) is 4.28. The molecule has 1 aliphatic rings. The third kappa shape index (κ3) is 2.78. The average molecular weight is 332 g/mol. The Morgan fingerprint density at radius 2 is 2.39 bits per heavy atom. The van der Waals surface area contributed by atoms with Crippen LogP contribution < -0.4 is 0 Å². The minimum atomic E-state index is -0.702. The van der Waals surface area contributed by atoms with E-state index in [0.717, 1.165) is 30.4 Å². The molecule has 1 unspecified atom stereocenters. The van der Waals surface area contributed by atoms with Crippen LogP contribution >= 0.6 is 27.3 Å².